The van der Waals surface area contributed by atoms with Crippen molar-refractivity contribution in [3.05, 3.63) is 35.4 Å². The normalized spacial score (nSPS) is 19.1. The van der Waals surface area contributed by atoms with Crippen molar-refractivity contribution in [2.75, 3.05) is 19.6 Å². The molecule has 112 valence electrons. The highest BCUT2D eigenvalue weighted by molar-refractivity contribution is 5.21. The molecule has 1 aliphatic rings. The first-order valence-corrected chi connectivity index (χ1v) is 8.18. The van der Waals surface area contributed by atoms with Gasteiger partial charge >= 0.3 is 0 Å². The molecule has 1 fully saturated rings. The molecule has 1 saturated heterocycles. The Morgan fingerprint density at radius 2 is 1.85 bits per heavy atom. The predicted molar refractivity (Wildman–Crippen MR) is 86.9 cm³/mol. The minimum Gasteiger partial charge on any atom is -0.315 e. The highest BCUT2D eigenvalue weighted by Crippen LogP contribution is 2.23. The Hall–Kier alpha value is -0.860. The molecule has 0 radical (unpaired) electrons. The molecule has 1 aromatic rings. The zero-order valence-corrected chi connectivity index (χ0v) is 13.4. The largest absolute Gasteiger partial charge is 0.315 e. The van der Waals surface area contributed by atoms with Crippen LogP contribution in [0.4, 0.5) is 0 Å². The van der Waals surface area contributed by atoms with Crippen LogP contribution in [0.5, 0.6) is 0 Å². The van der Waals surface area contributed by atoms with Crippen LogP contribution >= 0.6 is 0 Å². The highest BCUT2D eigenvalue weighted by atomic mass is 15.1. The molecule has 1 unspecified atom stereocenters. The fraction of sp³-hybridized carbons (Fsp3) is 0.667. The van der Waals surface area contributed by atoms with Gasteiger partial charge in [0, 0.05) is 12.6 Å². The number of nitrogens with one attached hydrogen (secondary N) is 1. The second-order valence-electron chi connectivity index (χ2n) is 6.40. The lowest BCUT2D eigenvalue weighted by molar-refractivity contribution is 0.166. The highest BCUT2D eigenvalue weighted by Gasteiger charge is 2.20. The Morgan fingerprint density at radius 1 is 1.20 bits per heavy atom. The summed E-state index contributed by atoms with van der Waals surface area (Å²) < 4.78 is 0. The van der Waals surface area contributed by atoms with E-state index in [0.717, 1.165) is 19.0 Å². The smallest absolute Gasteiger partial charge is 0.0233 e. The number of likely N-dealkylation sites (tertiary alicyclic amines) is 1. The van der Waals surface area contributed by atoms with Crippen LogP contribution in [0.3, 0.4) is 0 Å². The molecule has 1 N–H and O–H groups in total. The molecular weight excluding hydrogens is 244 g/mol. The van der Waals surface area contributed by atoms with E-state index in [1.807, 2.05) is 0 Å². The zero-order valence-electron chi connectivity index (χ0n) is 13.4. The molecule has 2 nitrogen and oxygen atoms in total. The third-order valence-corrected chi connectivity index (χ3v) is 4.47. The fourth-order valence-corrected chi connectivity index (χ4v) is 3.26. The molecule has 0 aromatic heterocycles. The first-order chi connectivity index (χ1) is 9.67. The van der Waals surface area contributed by atoms with Gasteiger partial charge in [-0.2, -0.15) is 0 Å². The summed E-state index contributed by atoms with van der Waals surface area (Å²) >= 11 is 0. The van der Waals surface area contributed by atoms with Crippen molar-refractivity contribution in [3.63, 3.8) is 0 Å². The summed E-state index contributed by atoms with van der Waals surface area (Å²) in [4.78, 5) is 2.61. The van der Waals surface area contributed by atoms with E-state index in [9.17, 15) is 0 Å². The topological polar surface area (TPSA) is 15.3 Å². The van der Waals surface area contributed by atoms with Gasteiger partial charge in [-0.05, 0) is 64.2 Å². The molecule has 20 heavy (non-hydrogen) atoms. The average Bonchev–Trinajstić information content (AvgIpc) is 2.44. The van der Waals surface area contributed by atoms with Crippen molar-refractivity contribution >= 4 is 0 Å². The molecule has 0 bridgehead atoms. The standard InChI is InChI=1S/C18H30N2/c1-4-19-16(3)13-17-9-11-20(12-10-17)14-18-7-5-15(2)6-8-18/h5-8,16-17,19H,4,9-14H2,1-3H3. The van der Waals surface area contributed by atoms with E-state index >= 15 is 0 Å². The van der Waals surface area contributed by atoms with Gasteiger partial charge in [-0.3, -0.25) is 4.90 Å². The van der Waals surface area contributed by atoms with Crippen molar-refractivity contribution in [2.45, 2.75) is 52.6 Å². The second kappa shape index (κ2) is 7.80. The number of piperidine rings is 1. The number of benzene rings is 1. The average molecular weight is 274 g/mol. The molecule has 2 rings (SSSR count). The Balaban J connectivity index is 1.72. The van der Waals surface area contributed by atoms with Gasteiger partial charge in [-0.1, -0.05) is 36.8 Å². The van der Waals surface area contributed by atoms with Crippen LogP contribution in [0, 0.1) is 12.8 Å². The lowest BCUT2D eigenvalue weighted by atomic mass is 9.90. The fourth-order valence-electron chi connectivity index (χ4n) is 3.26. The molecule has 1 aliphatic heterocycles. The van der Waals surface area contributed by atoms with E-state index in [1.54, 1.807) is 0 Å². The van der Waals surface area contributed by atoms with E-state index in [-0.39, 0.29) is 0 Å². The quantitative estimate of drug-likeness (QED) is 0.853. The molecule has 0 amide bonds. The third kappa shape index (κ3) is 4.92. The first-order valence-electron chi connectivity index (χ1n) is 8.18. The SMILES string of the molecule is CCNC(C)CC1CCN(Cc2ccc(C)cc2)CC1. The Labute approximate surface area is 124 Å². The van der Waals surface area contributed by atoms with Crippen molar-refractivity contribution in [2.24, 2.45) is 5.92 Å². The summed E-state index contributed by atoms with van der Waals surface area (Å²) in [5, 5.41) is 3.54. The first kappa shape index (κ1) is 15.5. The van der Waals surface area contributed by atoms with Crippen LogP contribution in [0.25, 0.3) is 0 Å². The van der Waals surface area contributed by atoms with Gasteiger partial charge in [0.25, 0.3) is 0 Å². The van der Waals surface area contributed by atoms with E-state index in [4.69, 9.17) is 0 Å². The predicted octanol–water partition coefficient (Wildman–Crippen LogP) is 3.60. The summed E-state index contributed by atoms with van der Waals surface area (Å²) in [6.45, 7) is 11.4. The minimum absolute atomic E-state index is 0.675. The molecule has 2 heteroatoms. The summed E-state index contributed by atoms with van der Waals surface area (Å²) in [5.74, 6) is 0.915. The second-order valence-corrected chi connectivity index (χ2v) is 6.40. The maximum atomic E-state index is 3.54. The van der Waals surface area contributed by atoms with Crippen LogP contribution in [0.15, 0.2) is 24.3 Å². The number of hydrogen-bond acceptors (Lipinski definition) is 2. The number of aryl methyl sites for hydroxylation is 1. The molecule has 1 atom stereocenters. The molecular formula is C18H30N2. The summed E-state index contributed by atoms with van der Waals surface area (Å²) in [6.07, 6.45) is 4.06. The number of nitrogens with zero attached hydrogens (tertiary/aromatic N) is 1. The maximum Gasteiger partial charge on any atom is 0.0233 e. The third-order valence-electron chi connectivity index (χ3n) is 4.47. The van der Waals surface area contributed by atoms with Crippen LogP contribution < -0.4 is 5.32 Å². The molecule has 1 aromatic carbocycles. The molecule has 0 saturated carbocycles. The van der Waals surface area contributed by atoms with E-state index in [0.29, 0.717) is 6.04 Å². The van der Waals surface area contributed by atoms with E-state index in [2.05, 4.69) is 55.3 Å². The monoisotopic (exact) mass is 274 g/mol. The van der Waals surface area contributed by atoms with E-state index in [1.165, 1.54) is 43.5 Å². The number of hydrogen-bond donors (Lipinski definition) is 1. The van der Waals surface area contributed by atoms with Crippen LogP contribution in [-0.2, 0) is 6.54 Å². The minimum atomic E-state index is 0.675. The van der Waals surface area contributed by atoms with Crippen LogP contribution in [-0.4, -0.2) is 30.6 Å². The van der Waals surface area contributed by atoms with Gasteiger partial charge in [0.15, 0.2) is 0 Å². The van der Waals surface area contributed by atoms with Gasteiger partial charge in [0.05, 0.1) is 0 Å². The van der Waals surface area contributed by atoms with Crippen molar-refractivity contribution in [3.8, 4) is 0 Å². The maximum absolute atomic E-state index is 3.54. The molecule has 0 spiro atoms. The zero-order chi connectivity index (χ0) is 14.4. The van der Waals surface area contributed by atoms with Crippen molar-refractivity contribution in [1.29, 1.82) is 0 Å². The van der Waals surface area contributed by atoms with Gasteiger partial charge in [0.1, 0.15) is 0 Å². The van der Waals surface area contributed by atoms with Gasteiger partial charge in [-0.25, -0.2) is 0 Å². The summed E-state index contributed by atoms with van der Waals surface area (Å²) in [7, 11) is 0. The lowest BCUT2D eigenvalue weighted by Crippen LogP contribution is -2.36. The van der Waals surface area contributed by atoms with Gasteiger partial charge in [-0.15, -0.1) is 0 Å². The summed E-state index contributed by atoms with van der Waals surface area (Å²) in [6, 6.07) is 9.66. The lowest BCUT2D eigenvalue weighted by Gasteiger charge is -2.33. The summed E-state index contributed by atoms with van der Waals surface area (Å²) in [5.41, 5.74) is 2.81. The number of rotatable bonds is 6. The van der Waals surface area contributed by atoms with Gasteiger partial charge < -0.3 is 5.32 Å². The van der Waals surface area contributed by atoms with E-state index < -0.39 is 0 Å². The van der Waals surface area contributed by atoms with Crippen LogP contribution in [0.2, 0.25) is 0 Å². The van der Waals surface area contributed by atoms with Crippen molar-refractivity contribution < 1.29 is 0 Å². The molecule has 0 aliphatic carbocycles. The van der Waals surface area contributed by atoms with Crippen LogP contribution in [0.1, 0.15) is 44.2 Å². The van der Waals surface area contributed by atoms with Gasteiger partial charge in [0.2, 0.25) is 0 Å². The Kier molecular flexibility index (Phi) is 6.06. The van der Waals surface area contributed by atoms with Crippen molar-refractivity contribution in [1.82, 2.24) is 10.2 Å². The molecule has 1 heterocycles. The Bertz CT molecular complexity index is 377. The Morgan fingerprint density at radius 3 is 2.45 bits per heavy atom.